The highest BCUT2D eigenvalue weighted by Crippen LogP contribution is 2.31. The Bertz CT molecular complexity index is 1140. The minimum Gasteiger partial charge on any atom is -0.447 e. The molecular weight excluding hydrogens is 412 g/mol. The second-order valence-corrected chi connectivity index (χ2v) is 7.32. The van der Waals surface area contributed by atoms with Gasteiger partial charge in [0.25, 0.3) is 0 Å². The summed E-state index contributed by atoms with van der Waals surface area (Å²) in [4.78, 5) is 20.9. The number of benzene rings is 1. The molecule has 1 aromatic carbocycles. The van der Waals surface area contributed by atoms with Gasteiger partial charge in [-0.1, -0.05) is 11.6 Å². The van der Waals surface area contributed by atoms with E-state index in [4.69, 9.17) is 21.1 Å². The van der Waals surface area contributed by atoms with E-state index in [1.54, 1.807) is 42.8 Å². The van der Waals surface area contributed by atoms with Gasteiger partial charge < -0.3 is 9.47 Å². The molecule has 0 atom stereocenters. The highest BCUT2D eigenvalue weighted by atomic mass is 35.5. The summed E-state index contributed by atoms with van der Waals surface area (Å²) in [5, 5.41) is 7.29. The third-order valence-electron chi connectivity index (χ3n) is 4.17. The molecule has 29 heavy (non-hydrogen) atoms. The lowest BCUT2D eigenvalue weighted by Crippen LogP contribution is -2.16. The van der Waals surface area contributed by atoms with E-state index < -0.39 is 6.09 Å². The molecule has 1 N–H and O–H groups in total. The van der Waals surface area contributed by atoms with Crippen molar-refractivity contribution in [1.82, 2.24) is 14.4 Å². The van der Waals surface area contributed by atoms with Gasteiger partial charge in [0.05, 0.1) is 17.3 Å². The molecule has 0 bridgehead atoms. The van der Waals surface area contributed by atoms with Gasteiger partial charge in [0.15, 0.2) is 0 Å². The Kier molecular flexibility index (Phi) is 5.75. The quantitative estimate of drug-likeness (QED) is 0.438. The van der Waals surface area contributed by atoms with E-state index in [-0.39, 0.29) is 6.61 Å². The zero-order valence-electron chi connectivity index (χ0n) is 15.5. The van der Waals surface area contributed by atoms with Crippen molar-refractivity contribution >= 4 is 40.5 Å². The van der Waals surface area contributed by atoms with Crippen LogP contribution in [0.2, 0.25) is 5.02 Å². The molecule has 3 heterocycles. The molecule has 0 aliphatic rings. The minimum atomic E-state index is -0.563. The van der Waals surface area contributed by atoms with Crippen molar-refractivity contribution in [1.29, 1.82) is 0 Å². The topological polar surface area (TPSA) is 77.8 Å². The summed E-state index contributed by atoms with van der Waals surface area (Å²) in [7, 11) is 1.54. The molecule has 0 aliphatic heterocycles. The van der Waals surface area contributed by atoms with Gasteiger partial charge in [-0.25, -0.2) is 14.8 Å². The fourth-order valence-corrected chi connectivity index (χ4v) is 3.64. The number of fused-ring (bicyclic) bond motifs is 1. The summed E-state index contributed by atoms with van der Waals surface area (Å²) in [6.45, 7) is 0.508. The van der Waals surface area contributed by atoms with Crippen molar-refractivity contribution in [3.8, 4) is 22.4 Å². The van der Waals surface area contributed by atoms with E-state index in [9.17, 15) is 4.79 Å². The van der Waals surface area contributed by atoms with Crippen LogP contribution in [0.3, 0.4) is 0 Å². The summed E-state index contributed by atoms with van der Waals surface area (Å²) in [6.07, 6.45) is 5.07. The summed E-state index contributed by atoms with van der Waals surface area (Å²) in [5.74, 6) is 0.562. The minimum absolute atomic E-state index is 0.174. The summed E-state index contributed by atoms with van der Waals surface area (Å²) in [6, 6.07) is 7.20. The van der Waals surface area contributed by atoms with Crippen molar-refractivity contribution < 1.29 is 14.3 Å². The highest BCUT2D eigenvalue weighted by Gasteiger charge is 2.12. The number of halogens is 1. The normalized spacial score (nSPS) is 11.0. The van der Waals surface area contributed by atoms with Crippen LogP contribution in [0.5, 0.6) is 0 Å². The maximum atomic E-state index is 11.9. The Labute approximate surface area is 175 Å². The molecule has 0 spiro atoms. The largest absolute Gasteiger partial charge is 0.447 e. The van der Waals surface area contributed by atoms with Gasteiger partial charge in [-0.3, -0.25) is 9.72 Å². The molecule has 1 amide bonds. The van der Waals surface area contributed by atoms with Crippen LogP contribution in [0.4, 0.5) is 10.5 Å². The van der Waals surface area contributed by atoms with Gasteiger partial charge in [0.2, 0.25) is 5.78 Å². The number of hydrogen-bond acceptors (Lipinski definition) is 6. The predicted molar refractivity (Wildman–Crippen MR) is 114 cm³/mol. The standard InChI is InChI=1S/C20H17ClN4O3S/c1-27-5-6-28-20(26)23-15-2-3-17(21)16(8-15)18-11-25-10-14(9-22-19(25)24-18)13-4-7-29-12-13/h2-4,7-12H,5-6H2,1H3,(H,23,26). The van der Waals surface area contributed by atoms with E-state index in [0.717, 1.165) is 11.1 Å². The third-order valence-corrected chi connectivity index (χ3v) is 5.19. The molecule has 148 valence electrons. The zero-order valence-corrected chi connectivity index (χ0v) is 17.0. The number of aromatic nitrogens is 3. The van der Waals surface area contributed by atoms with Gasteiger partial charge in [-0.05, 0) is 40.6 Å². The first kappa shape index (κ1) is 19.4. The van der Waals surface area contributed by atoms with Crippen LogP contribution in [0.15, 0.2) is 53.6 Å². The molecule has 0 unspecified atom stereocenters. The number of amides is 1. The smallest absolute Gasteiger partial charge is 0.411 e. The fourth-order valence-electron chi connectivity index (χ4n) is 2.76. The molecule has 4 rings (SSSR count). The Morgan fingerprint density at radius 1 is 1.24 bits per heavy atom. The van der Waals surface area contributed by atoms with Gasteiger partial charge in [0.1, 0.15) is 6.61 Å². The lowest BCUT2D eigenvalue weighted by Gasteiger charge is -2.08. The van der Waals surface area contributed by atoms with Crippen LogP contribution in [0, 0.1) is 0 Å². The molecular formula is C20H17ClN4O3S. The van der Waals surface area contributed by atoms with Crippen LogP contribution in [0.1, 0.15) is 0 Å². The average Bonchev–Trinajstić information content (AvgIpc) is 3.38. The van der Waals surface area contributed by atoms with Crippen LogP contribution >= 0.6 is 22.9 Å². The Hall–Kier alpha value is -2.94. The van der Waals surface area contributed by atoms with Gasteiger partial charge in [0, 0.05) is 42.5 Å². The lowest BCUT2D eigenvalue weighted by atomic mass is 10.1. The second kappa shape index (κ2) is 8.60. The van der Waals surface area contributed by atoms with Crippen molar-refractivity contribution in [3.63, 3.8) is 0 Å². The van der Waals surface area contributed by atoms with E-state index in [0.29, 0.717) is 34.4 Å². The van der Waals surface area contributed by atoms with Crippen LogP contribution in [0.25, 0.3) is 28.2 Å². The van der Waals surface area contributed by atoms with E-state index in [1.165, 1.54) is 0 Å². The maximum Gasteiger partial charge on any atom is 0.411 e. The molecule has 0 aliphatic carbocycles. The van der Waals surface area contributed by atoms with Crippen molar-refractivity contribution in [2.75, 3.05) is 25.6 Å². The number of nitrogens with zero attached hydrogens (tertiary/aromatic N) is 3. The van der Waals surface area contributed by atoms with Gasteiger partial charge in [-0.15, -0.1) is 0 Å². The number of anilines is 1. The molecule has 0 saturated carbocycles. The predicted octanol–water partition coefficient (Wildman–Crippen LogP) is 4.97. The number of carbonyl (C=O) groups is 1. The second-order valence-electron chi connectivity index (χ2n) is 6.14. The van der Waals surface area contributed by atoms with Crippen molar-refractivity contribution in [2.24, 2.45) is 0 Å². The third kappa shape index (κ3) is 4.40. The first-order valence-electron chi connectivity index (χ1n) is 8.74. The Morgan fingerprint density at radius 2 is 2.14 bits per heavy atom. The summed E-state index contributed by atoms with van der Waals surface area (Å²) >= 11 is 8.02. The molecule has 0 radical (unpaired) electrons. The number of rotatable bonds is 6. The number of ether oxygens (including phenoxy) is 2. The lowest BCUT2D eigenvalue weighted by molar-refractivity contribution is 0.107. The monoisotopic (exact) mass is 428 g/mol. The SMILES string of the molecule is COCCOC(=O)Nc1ccc(Cl)c(-c2cn3cc(-c4ccsc4)cnc3n2)c1. The molecule has 0 fully saturated rings. The highest BCUT2D eigenvalue weighted by molar-refractivity contribution is 7.08. The number of thiophene rings is 1. The number of imidazole rings is 1. The first-order valence-corrected chi connectivity index (χ1v) is 10.1. The molecule has 7 nitrogen and oxygen atoms in total. The van der Waals surface area contributed by atoms with E-state index in [1.807, 2.05) is 28.2 Å². The van der Waals surface area contributed by atoms with Crippen LogP contribution in [-0.2, 0) is 9.47 Å². The Morgan fingerprint density at radius 3 is 2.93 bits per heavy atom. The van der Waals surface area contributed by atoms with E-state index in [2.05, 4.69) is 20.7 Å². The fraction of sp³-hybridized carbons (Fsp3) is 0.150. The van der Waals surface area contributed by atoms with E-state index >= 15 is 0 Å². The summed E-state index contributed by atoms with van der Waals surface area (Å²) < 4.78 is 11.7. The molecule has 9 heteroatoms. The molecule has 3 aromatic heterocycles. The van der Waals surface area contributed by atoms with Crippen molar-refractivity contribution in [3.05, 3.63) is 58.6 Å². The average molecular weight is 429 g/mol. The number of nitrogens with one attached hydrogen (secondary N) is 1. The Balaban J connectivity index is 1.60. The van der Waals surface area contributed by atoms with Gasteiger partial charge in [-0.2, -0.15) is 11.3 Å². The first-order chi connectivity index (χ1) is 14.1. The van der Waals surface area contributed by atoms with Crippen LogP contribution in [-0.4, -0.2) is 40.8 Å². The van der Waals surface area contributed by atoms with Gasteiger partial charge >= 0.3 is 6.09 Å². The summed E-state index contributed by atoms with van der Waals surface area (Å²) in [5.41, 5.74) is 4.00. The number of methoxy groups -OCH3 is 1. The number of carbonyl (C=O) groups excluding carboxylic acids is 1. The van der Waals surface area contributed by atoms with Crippen LogP contribution < -0.4 is 5.32 Å². The molecule has 4 aromatic rings. The molecule has 0 saturated heterocycles. The number of hydrogen-bond donors (Lipinski definition) is 1. The zero-order chi connectivity index (χ0) is 20.2. The van der Waals surface area contributed by atoms with Crippen molar-refractivity contribution in [2.45, 2.75) is 0 Å². The maximum absolute atomic E-state index is 11.9.